The number of furan rings is 1. The summed E-state index contributed by atoms with van der Waals surface area (Å²) < 4.78 is 5.34. The molecule has 1 N–H and O–H groups in total. The minimum Gasteiger partial charge on any atom is -0.404 e. The molecule has 0 spiro atoms. The van der Waals surface area contributed by atoms with E-state index in [1.807, 2.05) is 32.9 Å². The van der Waals surface area contributed by atoms with Crippen molar-refractivity contribution in [3.05, 3.63) is 62.9 Å². The van der Waals surface area contributed by atoms with Crippen LogP contribution < -0.4 is 5.32 Å². The lowest BCUT2D eigenvalue weighted by Gasteiger charge is -2.18. The molecule has 1 aromatic carbocycles. The molecule has 2 rings (SSSR count). The van der Waals surface area contributed by atoms with Crippen molar-refractivity contribution in [2.24, 2.45) is 0 Å². The Labute approximate surface area is 117 Å². The molecule has 0 amide bonds. The second-order valence-corrected chi connectivity index (χ2v) is 4.78. The summed E-state index contributed by atoms with van der Waals surface area (Å²) in [6.45, 7) is 6.81. The number of hydrogen-bond donors (Lipinski definition) is 1. The molecule has 0 radical (unpaired) electrons. The summed E-state index contributed by atoms with van der Waals surface area (Å²) in [6, 6.07) is 9.04. The molecule has 0 saturated heterocycles. The largest absolute Gasteiger partial charge is 0.433 e. The number of aryl methyl sites for hydroxylation is 2. The fraction of sp³-hybridized carbons (Fsp3) is 0.333. The van der Waals surface area contributed by atoms with Crippen molar-refractivity contribution >= 4 is 5.88 Å². The Hall–Kier alpha value is -2.14. The highest BCUT2D eigenvalue weighted by Gasteiger charge is 2.21. The van der Waals surface area contributed by atoms with Crippen LogP contribution in [0.2, 0.25) is 0 Å². The molecule has 1 heterocycles. The van der Waals surface area contributed by atoms with Crippen molar-refractivity contribution < 1.29 is 9.34 Å². The zero-order valence-corrected chi connectivity index (χ0v) is 11.8. The fourth-order valence-electron chi connectivity index (χ4n) is 2.31. The summed E-state index contributed by atoms with van der Waals surface area (Å²) in [4.78, 5) is 10.2. The lowest BCUT2D eigenvalue weighted by atomic mass is 9.97. The molecular formula is C15H18N2O3. The molecule has 1 aromatic heterocycles. The van der Waals surface area contributed by atoms with E-state index in [1.54, 1.807) is 6.07 Å². The van der Waals surface area contributed by atoms with E-state index in [0.717, 1.165) is 17.7 Å². The molecule has 20 heavy (non-hydrogen) atoms. The highest BCUT2D eigenvalue weighted by molar-refractivity contribution is 5.37. The quantitative estimate of drug-likeness (QED) is 0.669. The van der Waals surface area contributed by atoms with Crippen molar-refractivity contribution in [3.8, 4) is 0 Å². The third kappa shape index (κ3) is 2.88. The molecule has 1 unspecified atom stereocenters. The third-order valence-corrected chi connectivity index (χ3v) is 3.22. The average Bonchev–Trinajstić information content (AvgIpc) is 2.86. The van der Waals surface area contributed by atoms with Gasteiger partial charge >= 0.3 is 5.88 Å². The molecule has 2 aromatic rings. The Morgan fingerprint density at radius 1 is 1.30 bits per heavy atom. The van der Waals surface area contributed by atoms with E-state index in [1.165, 1.54) is 11.6 Å². The van der Waals surface area contributed by atoms with Gasteiger partial charge < -0.3 is 9.73 Å². The Kier molecular flexibility index (Phi) is 4.20. The first kappa shape index (κ1) is 14.3. The van der Waals surface area contributed by atoms with Crippen molar-refractivity contribution in [1.29, 1.82) is 0 Å². The van der Waals surface area contributed by atoms with E-state index in [-0.39, 0.29) is 11.9 Å². The molecule has 0 saturated carbocycles. The molecular weight excluding hydrogens is 256 g/mol. The molecule has 5 heteroatoms. The molecule has 0 bridgehead atoms. The molecule has 0 fully saturated rings. The Bertz CT molecular complexity index is 619. The Morgan fingerprint density at radius 3 is 2.60 bits per heavy atom. The van der Waals surface area contributed by atoms with Gasteiger partial charge in [-0.2, -0.15) is 0 Å². The van der Waals surface area contributed by atoms with Gasteiger partial charge in [-0.15, -0.1) is 0 Å². The van der Waals surface area contributed by atoms with Crippen LogP contribution in [0.5, 0.6) is 0 Å². The number of nitrogens with one attached hydrogen (secondary N) is 1. The Morgan fingerprint density at radius 2 is 2.05 bits per heavy atom. The monoisotopic (exact) mass is 274 g/mol. The van der Waals surface area contributed by atoms with Crippen molar-refractivity contribution in [1.82, 2.24) is 5.32 Å². The molecule has 0 aliphatic carbocycles. The van der Waals surface area contributed by atoms with Crippen LogP contribution in [-0.4, -0.2) is 11.5 Å². The summed E-state index contributed by atoms with van der Waals surface area (Å²) >= 11 is 0. The zero-order chi connectivity index (χ0) is 14.7. The maximum Gasteiger partial charge on any atom is 0.433 e. The lowest BCUT2D eigenvalue weighted by molar-refractivity contribution is -0.402. The first-order valence-electron chi connectivity index (χ1n) is 6.57. The summed E-state index contributed by atoms with van der Waals surface area (Å²) in [5.74, 6) is 0.332. The van der Waals surface area contributed by atoms with Gasteiger partial charge in [0.05, 0.1) is 12.1 Å². The van der Waals surface area contributed by atoms with Gasteiger partial charge in [0, 0.05) is 0 Å². The summed E-state index contributed by atoms with van der Waals surface area (Å²) in [7, 11) is 0. The van der Waals surface area contributed by atoms with Gasteiger partial charge in [-0.1, -0.05) is 30.7 Å². The average molecular weight is 274 g/mol. The van der Waals surface area contributed by atoms with Gasteiger partial charge in [-0.3, -0.25) is 10.1 Å². The van der Waals surface area contributed by atoms with Gasteiger partial charge in [0.25, 0.3) is 0 Å². The van der Waals surface area contributed by atoms with Crippen LogP contribution >= 0.6 is 0 Å². The van der Waals surface area contributed by atoms with Crippen molar-refractivity contribution in [2.75, 3.05) is 6.54 Å². The molecule has 5 nitrogen and oxygen atoms in total. The van der Waals surface area contributed by atoms with Crippen LogP contribution in [0.25, 0.3) is 0 Å². The van der Waals surface area contributed by atoms with Gasteiger partial charge in [-0.05, 0) is 37.6 Å². The van der Waals surface area contributed by atoms with E-state index in [4.69, 9.17) is 4.42 Å². The lowest BCUT2D eigenvalue weighted by Crippen LogP contribution is -2.22. The number of nitrogens with zero attached hydrogens (tertiary/aromatic N) is 1. The van der Waals surface area contributed by atoms with Crippen LogP contribution in [0.4, 0.5) is 5.88 Å². The van der Waals surface area contributed by atoms with Gasteiger partial charge in [0.15, 0.2) is 0 Å². The topological polar surface area (TPSA) is 68.3 Å². The first-order chi connectivity index (χ1) is 9.52. The van der Waals surface area contributed by atoms with E-state index in [0.29, 0.717) is 5.76 Å². The van der Waals surface area contributed by atoms with Gasteiger partial charge in [0.2, 0.25) is 0 Å². The fourth-order valence-corrected chi connectivity index (χ4v) is 2.31. The summed E-state index contributed by atoms with van der Waals surface area (Å²) in [5, 5.41) is 14.0. The van der Waals surface area contributed by atoms with E-state index in [2.05, 4.69) is 11.4 Å². The number of benzene rings is 1. The normalized spacial score (nSPS) is 12.3. The maximum atomic E-state index is 10.7. The molecule has 106 valence electrons. The van der Waals surface area contributed by atoms with Crippen LogP contribution in [-0.2, 0) is 0 Å². The van der Waals surface area contributed by atoms with Crippen LogP contribution in [0, 0.1) is 24.0 Å². The number of hydrogen-bond acceptors (Lipinski definition) is 4. The number of rotatable bonds is 5. The molecule has 0 aliphatic rings. The van der Waals surface area contributed by atoms with E-state index >= 15 is 0 Å². The minimum absolute atomic E-state index is 0.172. The van der Waals surface area contributed by atoms with Gasteiger partial charge in [-0.25, -0.2) is 0 Å². The van der Waals surface area contributed by atoms with E-state index < -0.39 is 4.92 Å². The number of nitro groups is 1. The predicted molar refractivity (Wildman–Crippen MR) is 76.8 cm³/mol. The third-order valence-electron chi connectivity index (χ3n) is 3.22. The standard InChI is InChI=1S/C15H18N2O3/c1-4-16-15(12-6-5-10(2)9-11(12)3)13-7-8-14(20-13)17(18)19/h5-9,15-16H,4H2,1-3H3. The van der Waals surface area contributed by atoms with Crippen molar-refractivity contribution in [2.45, 2.75) is 26.8 Å². The van der Waals surface area contributed by atoms with Crippen LogP contribution in [0.3, 0.4) is 0 Å². The predicted octanol–water partition coefficient (Wildman–Crippen LogP) is 3.50. The highest BCUT2D eigenvalue weighted by Crippen LogP contribution is 2.29. The molecule has 1 atom stereocenters. The summed E-state index contributed by atoms with van der Waals surface area (Å²) in [6.07, 6.45) is 0. The van der Waals surface area contributed by atoms with Crippen molar-refractivity contribution in [3.63, 3.8) is 0 Å². The molecule has 0 aliphatic heterocycles. The zero-order valence-electron chi connectivity index (χ0n) is 11.8. The second kappa shape index (κ2) is 5.88. The Balaban J connectivity index is 2.41. The maximum absolute atomic E-state index is 10.7. The van der Waals surface area contributed by atoms with Gasteiger partial charge in [0.1, 0.15) is 10.7 Å². The van der Waals surface area contributed by atoms with E-state index in [9.17, 15) is 10.1 Å². The van der Waals surface area contributed by atoms with Crippen LogP contribution in [0.15, 0.2) is 34.7 Å². The van der Waals surface area contributed by atoms with Crippen LogP contribution in [0.1, 0.15) is 35.4 Å². The first-order valence-corrected chi connectivity index (χ1v) is 6.57. The summed E-state index contributed by atoms with van der Waals surface area (Å²) in [5.41, 5.74) is 3.39. The highest BCUT2D eigenvalue weighted by atomic mass is 16.6. The second-order valence-electron chi connectivity index (χ2n) is 4.78. The smallest absolute Gasteiger partial charge is 0.404 e. The minimum atomic E-state index is -0.519. The SMILES string of the molecule is CCNC(c1ccc([N+](=O)[O-])o1)c1ccc(C)cc1C.